The molecule has 0 saturated carbocycles. The van der Waals surface area contributed by atoms with Gasteiger partial charge in [0.25, 0.3) is 0 Å². The van der Waals surface area contributed by atoms with Crippen LogP contribution < -0.4 is 10.2 Å². The minimum atomic E-state index is 0.264. The van der Waals surface area contributed by atoms with Crippen molar-refractivity contribution in [1.29, 1.82) is 0 Å². The number of hydrogen-bond acceptors (Lipinski definition) is 3. The molecule has 3 heteroatoms. The van der Waals surface area contributed by atoms with E-state index < -0.39 is 0 Å². The van der Waals surface area contributed by atoms with Crippen LogP contribution in [0.25, 0.3) is 0 Å². The van der Waals surface area contributed by atoms with Gasteiger partial charge in [-0.05, 0) is 23.5 Å². The van der Waals surface area contributed by atoms with Gasteiger partial charge >= 0.3 is 0 Å². The molecule has 2 atom stereocenters. The van der Waals surface area contributed by atoms with Crippen LogP contribution in [-0.4, -0.2) is 31.8 Å². The first-order chi connectivity index (χ1) is 9.55. The van der Waals surface area contributed by atoms with Gasteiger partial charge in [-0.15, -0.1) is 0 Å². The third-order valence-electron chi connectivity index (χ3n) is 4.61. The molecule has 2 aliphatic heterocycles. The monoisotopic (exact) mass is 274 g/mol. The van der Waals surface area contributed by atoms with Gasteiger partial charge in [0.05, 0.1) is 12.6 Å². The number of anilines is 1. The second-order valence-corrected chi connectivity index (χ2v) is 7.10. The number of para-hydroxylation sites is 1. The molecule has 0 spiro atoms. The zero-order valence-electron chi connectivity index (χ0n) is 12.9. The van der Waals surface area contributed by atoms with Crippen LogP contribution in [-0.2, 0) is 11.3 Å². The van der Waals surface area contributed by atoms with Crippen LogP contribution in [0.2, 0.25) is 0 Å². The van der Waals surface area contributed by atoms with E-state index in [9.17, 15) is 0 Å². The summed E-state index contributed by atoms with van der Waals surface area (Å²) in [7, 11) is 0. The van der Waals surface area contributed by atoms with Crippen molar-refractivity contribution in [3.05, 3.63) is 29.8 Å². The predicted octanol–water partition coefficient (Wildman–Crippen LogP) is 2.80. The van der Waals surface area contributed by atoms with Crippen LogP contribution in [0.5, 0.6) is 0 Å². The number of fused-ring (bicyclic) bond motifs is 1. The minimum absolute atomic E-state index is 0.264. The molecule has 1 fully saturated rings. The van der Waals surface area contributed by atoms with Gasteiger partial charge in [0.1, 0.15) is 0 Å². The first-order valence-electron chi connectivity index (χ1n) is 7.71. The first kappa shape index (κ1) is 13.9. The molecule has 1 N–H and O–H groups in total. The molecule has 1 aromatic carbocycles. The van der Waals surface area contributed by atoms with Crippen molar-refractivity contribution in [2.45, 2.75) is 45.8 Å². The maximum absolute atomic E-state index is 5.62. The van der Waals surface area contributed by atoms with E-state index in [4.69, 9.17) is 4.74 Å². The highest BCUT2D eigenvalue weighted by molar-refractivity contribution is 5.55. The molecule has 3 nitrogen and oxygen atoms in total. The normalized spacial score (nSPS) is 27.2. The molecule has 1 aromatic rings. The topological polar surface area (TPSA) is 24.5 Å². The molecule has 1 saturated heterocycles. The molecule has 2 aliphatic rings. The van der Waals surface area contributed by atoms with Crippen molar-refractivity contribution in [2.24, 2.45) is 5.41 Å². The predicted molar refractivity (Wildman–Crippen MR) is 83.1 cm³/mol. The lowest BCUT2D eigenvalue weighted by Gasteiger charge is -2.37. The average molecular weight is 274 g/mol. The minimum Gasteiger partial charge on any atom is -0.379 e. The molecule has 3 rings (SSSR count). The summed E-state index contributed by atoms with van der Waals surface area (Å²) < 4.78 is 5.62. The van der Waals surface area contributed by atoms with Gasteiger partial charge in [-0.2, -0.15) is 0 Å². The van der Waals surface area contributed by atoms with Gasteiger partial charge in [-0.3, -0.25) is 0 Å². The zero-order chi connectivity index (χ0) is 14.2. The lowest BCUT2D eigenvalue weighted by Crippen LogP contribution is -2.49. The molecule has 0 aromatic heterocycles. The maximum atomic E-state index is 5.62. The Hall–Kier alpha value is -1.06. The van der Waals surface area contributed by atoms with E-state index in [1.54, 1.807) is 0 Å². The van der Waals surface area contributed by atoms with Crippen LogP contribution >= 0.6 is 0 Å². The number of rotatable bonds is 1. The molecule has 110 valence electrons. The lowest BCUT2D eigenvalue weighted by atomic mass is 9.86. The maximum Gasteiger partial charge on any atom is 0.0670 e. The summed E-state index contributed by atoms with van der Waals surface area (Å²) in [6, 6.07) is 9.83. The second-order valence-electron chi connectivity index (χ2n) is 7.10. The van der Waals surface area contributed by atoms with Crippen LogP contribution in [0.1, 0.15) is 32.8 Å². The summed E-state index contributed by atoms with van der Waals surface area (Å²) in [5, 5.41) is 3.75. The highest BCUT2D eigenvalue weighted by Gasteiger charge is 2.33. The average Bonchev–Trinajstić information content (AvgIpc) is 2.85. The van der Waals surface area contributed by atoms with Crippen LogP contribution in [0.3, 0.4) is 0 Å². The van der Waals surface area contributed by atoms with E-state index in [0.717, 1.165) is 32.7 Å². The van der Waals surface area contributed by atoms with E-state index in [1.165, 1.54) is 11.3 Å². The number of benzene rings is 1. The zero-order valence-corrected chi connectivity index (χ0v) is 12.9. The van der Waals surface area contributed by atoms with Gasteiger partial charge in [-0.25, -0.2) is 0 Å². The van der Waals surface area contributed by atoms with Crippen LogP contribution in [0.15, 0.2) is 24.3 Å². The summed E-state index contributed by atoms with van der Waals surface area (Å²) in [5.74, 6) is 0. The molecule has 20 heavy (non-hydrogen) atoms. The summed E-state index contributed by atoms with van der Waals surface area (Å²) in [5.41, 5.74) is 3.06. The Kier molecular flexibility index (Phi) is 3.74. The van der Waals surface area contributed by atoms with E-state index in [-0.39, 0.29) is 5.41 Å². The fraction of sp³-hybridized carbons (Fsp3) is 0.647. The molecule has 2 unspecified atom stereocenters. The summed E-state index contributed by atoms with van der Waals surface area (Å²) in [6.45, 7) is 10.8. The molecular formula is C17H26N2O. The molecular weight excluding hydrogens is 248 g/mol. The fourth-order valence-electron chi connectivity index (χ4n) is 3.23. The third-order valence-corrected chi connectivity index (χ3v) is 4.61. The van der Waals surface area contributed by atoms with Gasteiger partial charge in [0.2, 0.25) is 0 Å². The van der Waals surface area contributed by atoms with Gasteiger partial charge < -0.3 is 15.0 Å². The Morgan fingerprint density at radius 2 is 2.05 bits per heavy atom. The van der Waals surface area contributed by atoms with Crippen molar-refractivity contribution in [1.82, 2.24) is 5.32 Å². The number of ether oxygens (including phenoxy) is 1. The Morgan fingerprint density at radius 3 is 2.75 bits per heavy atom. The lowest BCUT2D eigenvalue weighted by molar-refractivity contribution is 0.191. The second kappa shape index (κ2) is 5.38. The van der Waals surface area contributed by atoms with Gasteiger partial charge in [-0.1, -0.05) is 39.0 Å². The van der Waals surface area contributed by atoms with E-state index in [0.29, 0.717) is 12.1 Å². The largest absolute Gasteiger partial charge is 0.379 e. The molecule has 0 amide bonds. The van der Waals surface area contributed by atoms with E-state index in [1.807, 2.05) is 0 Å². The van der Waals surface area contributed by atoms with Gasteiger partial charge in [0.15, 0.2) is 0 Å². The summed E-state index contributed by atoms with van der Waals surface area (Å²) >= 11 is 0. The Balaban J connectivity index is 1.93. The van der Waals surface area contributed by atoms with Crippen LogP contribution in [0, 0.1) is 5.41 Å². The first-order valence-corrected chi connectivity index (χ1v) is 7.71. The number of nitrogens with one attached hydrogen (secondary N) is 1. The Morgan fingerprint density at radius 1 is 1.25 bits per heavy atom. The smallest absolute Gasteiger partial charge is 0.0670 e. The Labute approximate surface area is 122 Å². The molecule has 0 aliphatic carbocycles. The highest BCUT2D eigenvalue weighted by Crippen LogP contribution is 2.31. The third kappa shape index (κ3) is 2.70. The standard InChI is InChI=1S/C17H26N2O/c1-17(2,3)16-11-19(14-8-9-20-12-14)15-7-5-4-6-13(15)10-18-16/h4-7,14,16,18H,8-12H2,1-3H3. The van der Waals surface area contributed by atoms with Crippen molar-refractivity contribution in [3.8, 4) is 0 Å². The van der Waals surface area contributed by atoms with Crippen molar-refractivity contribution in [2.75, 3.05) is 24.7 Å². The highest BCUT2D eigenvalue weighted by atomic mass is 16.5. The van der Waals surface area contributed by atoms with E-state index >= 15 is 0 Å². The van der Waals surface area contributed by atoms with Crippen molar-refractivity contribution in [3.63, 3.8) is 0 Å². The van der Waals surface area contributed by atoms with Crippen molar-refractivity contribution >= 4 is 5.69 Å². The number of hydrogen-bond donors (Lipinski definition) is 1. The molecule has 2 heterocycles. The van der Waals surface area contributed by atoms with Crippen LogP contribution in [0.4, 0.5) is 5.69 Å². The molecule has 0 radical (unpaired) electrons. The summed E-state index contributed by atoms with van der Waals surface area (Å²) in [4.78, 5) is 2.58. The molecule has 0 bridgehead atoms. The van der Waals surface area contributed by atoms with Crippen molar-refractivity contribution < 1.29 is 4.74 Å². The van der Waals surface area contributed by atoms with Gasteiger partial charge in [0, 0.05) is 31.4 Å². The quantitative estimate of drug-likeness (QED) is 0.852. The number of nitrogens with zero attached hydrogens (tertiary/aromatic N) is 1. The fourth-order valence-corrected chi connectivity index (χ4v) is 3.23. The SMILES string of the molecule is CC(C)(C)C1CN(C2CCOC2)c2ccccc2CN1. The summed E-state index contributed by atoms with van der Waals surface area (Å²) in [6.07, 6.45) is 1.14. The Bertz CT molecular complexity index is 460. The van der Waals surface area contributed by atoms with E-state index in [2.05, 4.69) is 55.3 Å².